The topological polar surface area (TPSA) is 29.0 Å². The molecule has 2 rings (SSSR count). The zero-order valence-electron chi connectivity index (χ0n) is 8.80. The van der Waals surface area contributed by atoms with Gasteiger partial charge < -0.3 is 5.11 Å². The zero-order chi connectivity index (χ0) is 10.7. The Morgan fingerprint density at radius 2 is 2.13 bits per heavy atom. The molecule has 0 spiro atoms. The molecular weight excluding hydrogens is 188 g/mol. The van der Waals surface area contributed by atoms with Crippen molar-refractivity contribution < 1.29 is 9.67 Å². The minimum Gasteiger partial charge on any atom is -0.504 e. The molecule has 3 heteroatoms. The highest BCUT2D eigenvalue weighted by Crippen LogP contribution is 2.19. The van der Waals surface area contributed by atoms with Gasteiger partial charge in [0.2, 0.25) is 6.33 Å². The average Bonchev–Trinajstić information content (AvgIpc) is 2.68. The maximum absolute atomic E-state index is 9.67. The van der Waals surface area contributed by atoms with Crippen molar-refractivity contribution in [2.24, 2.45) is 0 Å². The third kappa shape index (κ3) is 2.01. The van der Waals surface area contributed by atoms with E-state index in [1.165, 1.54) is 0 Å². The fraction of sp³-hybridized carbons (Fsp3) is 0.250. The summed E-state index contributed by atoms with van der Waals surface area (Å²) in [5.41, 5.74) is 0.812. The Bertz CT molecular complexity index is 448. The second-order valence-corrected chi connectivity index (χ2v) is 3.55. The quantitative estimate of drug-likeness (QED) is 0.758. The lowest BCUT2D eigenvalue weighted by Crippen LogP contribution is -2.30. The molecule has 0 aliphatic carbocycles. The first-order chi connectivity index (χ1) is 7.31. The largest absolute Gasteiger partial charge is 0.504 e. The number of imidazole rings is 1. The average molecular weight is 203 g/mol. The minimum absolute atomic E-state index is 0.303. The van der Waals surface area contributed by atoms with Gasteiger partial charge >= 0.3 is 0 Å². The van der Waals surface area contributed by atoms with Crippen molar-refractivity contribution in [1.29, 1.82) is 0 Å². The molecule has 0 fully saturated rings. The summed E-state index contributed by atoms with van der Waals surface area (Å²) in [7, 11) is 0. The van der Waals surface area contributed by atoms with Gasteiger partial charge in [-0.25, -0.2) is 4.57 Å². The summed E-state index contributed by atoms with van der Waals surface area (Å²) in [5.74, 6) is 0.303. The maximum Gasteiger partial charge on any atom is 0.249 e. The monoisotopic (exact) mass is 203 g/mol. The molecule has 1 heterocycles. The Labute approximate surface area is 89.2 Å². The van der Waals surface area contributed by atoms with E-state index in [0.29, 0.717) is 5.75 Å². The number of para-hydroxylation sites is 2. The van der Waals surface area contributed by atoms with Crippen LogP contribution in [0.1, 0.15) is 13.3 Å². The number of aryl methyl sites for hydroxylation is 1. The summed E-state index contributed by atoms with van der Waals surface area (Å²) >= 11 is 0. The molecular formula is C12H15N2O+. The molecule has 1 aromatic heterocycles. The molecule has 0 bridgehead atoms. The van der Waals surface area contributed by atoms with E-state index in [0.717, 1.165) is 18.7 Å². The van der Waals surface area contributed by atoms with Gasteiger partial charge in [0.05, 0.1) is 6.54 Å². The van der Waals surface area contributed by atoms with Crippen LogP contribution in [0.5, 0.6) is 5.75 Å². The molecule has 0 unspecified atom stereocenters. The fourth-order valence-electron chi connectivity index (χ4n) is 1.61. The maximum atomic E-state index is 9.67. The number of hydrogen-bond donors (Lipinski definition) is 1. The van der Waals surface area contributed by atoms with Crippen molar-refractivity contribution in [3.8, 4) is 11.4 Å². The highest BCUT2D eigenvalue weighted by molar-refractivity contribution is 5.44. The van der Waals surface area contributed by atoms with Gasteiger partial charge in [0.25, 0.3) is 0 Å². The van der Waals surface area contributed by atoms with E-state index in [1.807, 2.05) is 41.5 Å². The summed E-state index contributed by atoms with van der Waals surface area (Å²) < 4.78 is 4.03. The Balaban J connectivity index is 2.33. The van der Waals surface area contributed by atoms with Gasteiger partial charge in [-0.3, -0.25) is 0 Å². The van der Waals surface area contributed by atoms with Gasteiger partial charge in [0.15, 0.2) is 11.4 Å². The predicted octanol–water partition coefficient (Wildman–Crippen LogP) is 1.88. The highest BCUT2D eigenvalue weighted by atomic mass is 16.3. The Morgan fingerprint density at radius 3 is 2.87 bits per heavy atom. The lowest BCUT2D eigenvalue weighted by atomic mass is 10.3. The van der Waals surface area contributed by atoms with Crippen LogP contribution in [0.2, 0.25) is 0 Å². The number of phenolic OH excluding ortho intramolecular Hbond substituents is 1. The predicted molar refractivity (Wildman–Crippen MR) is 57.9 cm³/mol. The number of phenols is 1. The second kappa shape index (κ2) is 4.17. The molecule has 1 aromatic carbocycles. The molecule has 0 aliphatic heterocycles. The van der Waals surface area contributed by atoms with Crippen LogP contribution in [0.3, 0.4) is 0 Å². The van der Waals surface area contributed by atoms with Crippen LogP contribution < -0.4 is 4.57 Å². The van der Waals surface area contributed by atoms with Crippen LogP contribution in [0.4, 0.5) is 0 Å². The number of hydrogen-bond acceptors (Lipinski definition) is 1. The van der Waals surface area contributed by atoms with Crippen molar-refractivity contribution in [3.05, 3.63) is 43.0 Å². The van der Waals surface area contributed by atoms with E-state index in [-0.39, 0.29) is 0 Å². The molecule has 0 atom stereocenters. The molecule has 3 nitrogen and oxygen atoms in total. The third-order valence-electron chi connectivity index (χ3n) is 2.33. The number of aromatic nitrogens is 2. The Hall–Kier alpha value is -1.77. The smallest absolute Gasteiger partial charge is 0.249 e. The summed E-state index contributed by atoms with van der Waals surface area (Å²) in [6, 6.07) is 7.33. The van der Waals surface area contributed by atoms with Crippen molar-refractivity contribution in [3.63, 3.8) is 0 Å². The van der Waals surface area contributed by atoms with Crippen molar-refractivity contribution in [2.75, 3.05) is 0 Å². The molecule has 0 saturated carbocycles. The van der Waals surface area contributed by atoms with Gasteiger partial charge in [0, 0.05) is 0 Å². The Kier molecular flexibility index (Phi) is 2.72. The van der Waals surface area contributed by atoms with Gasteiger partial charge in [0.1, 0.15) is 12.4 Å². The van der Waals surface area contributed by atoms with Crippen LogP contribution in [-0.2, 0) is 6.54 Å². The van der Waals surface area contributed by atoms with Crippen LogP contribution in [0.15, 0.2) is 43.0 Å². The molecule has 2 aromatic rings. The molecule has 0 amide bonds. The first-order valence-corrected chi connectivity index (χ1v) is 5.16. The van der Waals surface area contributed by atoms with Gasteiger partial charge in [-0.2, -0.15) is 4.57 Å². The second-order valence-electron chi connectivity index (χ2n) is 3.55. The summed E-state index contributed by atoms with van der Waals surface area (Å²) in [5, 5.41) is 9.67. The van der Waals surface area contributed by atoms with E-state index in [1.54, 1.807) is 6.07 Å². The van der Waals surface area contributed by atoms with E-state index in [9.17, 15) is 5.11 Å². The Morgan fingerprint density at radius 1 is 1.33 bits per heavy atom. The summed E-state index contributed by atoms with van der Waals surface area (Å²) in [6.45, 7) is 3.14. The van der Waals surface area contributed by atoms with Crippen molar-refractivity contribution in [1.82, 2.24) is 4.57 Å². The molecule has 0 aliphatic rings. The minimum atomic E-state index is 0.303. The number of aromatic hydroxyl groups is 1. The van der Waals surface area contributed by atoms with Crippen molar-refractivity contribution >= 4 is 0 Å². The van der Waals surface area contributed by atoms with Gasteiger partial charge in [-0.15, -0.1) is 0 Å². The van der Waals surface area contributed by atoms with Gasteiger partial charge in [-0.05, 0) is 18.6 Å². The highest BCUT2D eigenvalue weighted by Gasteiger charge is 2.09. The van der Waals surface area contributed by atoms with E-state index >= 15 is 0 Å². The van der Waals surface area contributed by atoms with Crippen LogP contribution in [0.25, 0.3) is 5.69 Å². The first kappa shape index (κ1) is 9.77. The number of benzene rings is 1. The van der Waals surface area contributed by atoms with Gasteiger partial charge in [-0.1, -0.05) is 19.1 Å². The number of nitrogens with zero attached hydrogens (tertiary/aromatic N) is 2. The zero-order valence-corrected chi connectivity index (χ0v) is 8.80. The fourth-order valence-corrected chi connectivity index (χ4v) is 1.61. The normalized spacial score (nSPS) is 10.5. The molecule has 0 saturated heterocycles. The molecule has 15 heavy (non-hydrogen) atoms. The molecule has 1 N–H and O–H groups in total. The van der Waals surface area contributed by atoms with E-state index < -0.39 is 0 Å². The van der Waals surface area contributed by atoms with Crippen molar-refractivity contribution in [2.45, 2.75) is 19.9 Å². The molecule has 78 valence electrons. The van der Waals surface area contributed by atoms with E-state index in [2.05, 4.69) is 11.5 Å². The molecule has 0 radical (unpaired) electrons. The summed E-state index contributed by atoms with van der Waals surface area (Å²) in [4.78, 5) is 0. The van der Waals surface area contributed by atoms with Crippen LogP contribution in [-0.4, -0.2) is 9.67 Å². The lowest BCUT2D eigenvalue weighted by molar-refractivity contribution is -0.696. The number of rotatable bonds is 3. The SMILES string of the molecule is CCC[n+]1ccn(-c2ccccc2O)c1. The van der Waals surface area contributed by atoms with E-state index in [4.69, 9.17) is 0 Å². The summed E-state index contributed by atoms with van der Waals surface area (Å²) in [6.07, 6.45) is 7.05. The first-order valence-electron chi connectivity index (χ1n) is 5.16. The standard InChI is InChI=1S/C12H14N2O/c1-2-7-13-8-9-14(10-13)11-5-3-4-6-12(11)15/h3-6,8-10H,2,7H2,1H3/p+1. The van der Waals surface area contributed by atoms with Crippen LogP contribution in [0, 0.1) is 0 Å². The van der Waals surface area contributed by atoms with Crippen LogP contribution >= 0.6 is 0 Å². The lowest BCUT2D eigenvalue weighted by Gasteiger charge is -1.97. The third-order valence-corrected chi connectivity index (χ3v) is 2.33.